The maximum absolute atomic E-state index is 12.8. The second kappa shape index (κ2) is 38.1. The van der Waals surface area contributed by atoms with Crippen LogP contribution in [0.15, 0.2) is 36.5 Å². The van der Waals surface area contributed by atoms with Crippen LogP contribution < -0.4 is 4.89 Å². The molecular weight excluding hydrogens is 838 g/mol. The fourth-order valence-corrected chi connectivity index (χ4v) is 8.12. The van der Waals surface area contributed by atoms with E-state index in [1.807, 2.05) is 33.3 Å². The zero-order valence-electron chi connectivity index (χ0n) is 40.8. The van der Waals surface area contributed by atoms with Crippen molar-refractivity contribution in [2.75, 3.05) is 47.5 Å². The molecule has 1 aliphatic rings. The van der Waals surface area contributed by atoms with E-state index in [0.29, 0.717) is 43.1 Å². The van der Waals surface area contributed by atoms with Crippen LogP contribution in [0.25, 0.3) is 0 Å². The predicted octanol–water partition coefficient (Wildman–Crippen LogP) is 9.95. The number of carbonyl (C=O) groups excluding carboxylic acids is 2. The van der Waals surface area contributed by atoms with E-state index in [1.54, 1.807) is 12.2 Å². The molecule has 1 fully saturated rings. The molecule has 1 heterocycles. The van der Waals surface area contributed by atoms with Gasteiger partial charge < -0.3 is 48.0 Å². The van der Waals surface area contributed by atoms with Crippen LogP contribution in [-0.4, -0.2) is 110 Å². The lowest BCUT2D eigenvalue weighted by molar-refractivity contribution is -0.870. The number of carbonyl (C=O) groups is 2. The van der Waals surface area contributed by atoms with Crippen LogP contribution in [0.2, 0.25) is 0 Å². The molecule has 3 N–H and O–H groups in total. The standard InChI is InChI=1S/C50H92NO12P/c1-6-8-10-11-12-13-14-15-16-17-18-19-20-21-22-23-24-25-31-35-49(55)62-44(42-61-64(57,58)60-39-38-51(3,4)5)41-59-48(54)34-30-27-26-29-33-45-46(53)40-50(56)63-47(45)37-36-43(52)32-28-9-7-2/h15-16,26,29,36-37,43-47,50,52-53,56H,6-14,17-25,27-28,30-35,38-42H2,1-5H3/b16-15-,29-26-,37-36+/t43-,44+,45-,46-,47+,50?/m0/s1. The molecule has 0 radical (unpaired) electrons. The van der Waals surface area contributed by atoms with Crippen molar-refractivity contribution in [1.82, 2.24) is 0 Å². The number of hydrogen-bond acceptors (Lipinski definition) is 12. The van der Waals surface area contributed by atoms with E-state index in [4.69, 9.17) is 23.3 Å². The summed E-state index contributed by atoms with van der Waals surface area (Å²) in [6, 6.07) is 0. The zero-order chi connectivity index (χ0) is 47.3. The fraction of sp³-hybridized carbons (Fsp3) is 0.840. The number of unbranched alkanes of at least 4 members (excludes halogenated alkanes) is 18. The molecule has 0 amide bonds. The minimum Gasteiger partial charge on any atom is -0.756 e. The Bertz CT molecular complexity index is 1300. The molecule has 0 aromatic heterocycles. The number of rotatable bonds is 41. The number of likely N-dealkylation sites (N-methyl/N-ethyl adjacent to an activating group) is 1. The number of allylic oxidation sites excluding steroid dienone is 4. The third-order valence-electron chi connectivity index (χ3n) is 11.4. The van der Waals surface area contributed by atoms with E-state index in [1.165, 1.54) is 83.5 Å². The number of aliphatic hydroxyl groups is 3. The molecule has 64 heavy (non-hydrogen) atoms. The first-order valence-corrected chi connectivity index (χ1v) is 26.6. The van der Waals surface area contributed by atoms with Crippen molar-refractivity contribution in [2.45, 2.75) is 218 Å². The van der Waals surface area contributed by atoms with E-state index in [2.05, 4.69) is 26.0 Å². The van der Waals surface area contributed by atoms with Gasteiger partial charge in [-0.05, 0) is 57.8 Å². The molecule has 0 aliphatic carbocycles. The average molecular weight is 930 g/mol. The maximum atomic E-state index is 12.8. The van der Waals surface area contributed by atoms with Crippen molar-refractivity contribution < 1.29 is 62.1 Å². The molecule has 14 heteroatoms. The summed E-state index contributed by atoms with van der Waals surface area (Å²) >= 11 is 0. The summed E-state index contributed by atoms with van der Waals surface area (Å²) in [5, 5.41) is 31.0. The van der Waals surface area contributed by atoms with E-state index >= 15 is 0 Å². The fourth-order valence-electron chi connectivity index (χ4n) is 7.39. The lowest BCUT2D eigenvalue weighted by atomic mass is 9.87. The maximum Gasteiger partial charge on any atom is 0.306 e. The SMILES string of the molecule is CCCCCCCC/C=C\CCCCCCCCCCCC(=O)O[C@H](COC(=O)CCC/C=C\C[C@H]1[C@@H](O)CC(O)O[C@@H]1/C=C/[C@@H](O)CCCCC)COP(=O)([O-])OCC[N+](C)(C)C. The van der Waals surface area contributed by atoms with Crippen LogP contribution in [0.5, 0.6) is 0 Å². The summed E-state index contributed by atoms with van der Waals surface area (Å²) in [7, 11) is 1.02. The Morgan fingerprint density at radius 3 is 1.91 bits per heavy atom. The van der Waals surface area contributed by atoms with E-state index < -0.39 is 57.1 Å². The Kier molecular flexibility index (Phi) is 35.8. The van der Waals surface area contributed by atoms with Crippen LogP contribution in [-0.2, 0) is 37.4 Å². The Labute approximate surface area is 388 Å². The Balaban J connectivity index is 2.45. The van der Waals surface area contributed by atoms with E-state index in [9.17, 15) is 34.4 Å². The monoisotopic (exact) mass is 930 g/mol. The summed E-state index contributed by atoms with van der Waals surface area (Å²) in [5.41, 5.74) is 0. The first kappa shape index (κ1) is 60.1. The molecule has 0 bridgehead atoms. The number of phosphoric ester groups is 1. The van der Waals surface area contributed by atoms with Gasteiger partial charge in [0.05, 0.1) is 46.1 Å². The van der Waals surface area contributed by atoms with Crippen molar-refractivity contribution in [2.24, 2.45) is 5.92 Å². The van der Waals surface area contributed by atoms with Crippen LogP contribution in [0.1, 0.15) is 187 Å². The number of ether oxygens (including phenoxy) is 3. The third kappa shape index (κ3) is 35.3. The molecule has 1 rings (SSSR count). The molecule has 1 saturated heterocycles. The zero-order valence-corrected chi connectivity index (χ0v) is 41.7. The second-order valence-corrected chi connectivity index (χ2v) is 20.1. The molecule has 13 nitrogen and oxygen atoms in total. The second-order valence-electron chi connectivity index (χ2n) is 18.7. The van der Waals surface area contributed by atoms with Gasteiger partial charge in [-0.15, -0.1) is 0 Å². The Hall–Kier alpha value is -1.93. The van der Waals surface area contributed by atoms with Crippen molar-refractivity contribution in [3.8, 4) is 0 Å². The largest absolute Gasteiger partial charge is 0.756 e. The number of quaternary nitrogens is 1. The molecule has 2 unspecified atom stereocenters. The molecule has 7 atom stereocenters. The van der Waals surface area contributed by atoms with Crippen molar-refractivity contribution in [3.05, 3.63) is 36.5 Å². The van der Waals surface area contributed by atoms with Gasteiger partial charge in [-0.1, -0.05) is 147 Å². The van der Waals surface area contributed by atoms with Gasteiger partial charge in [0.2, 0.25) is 0 Å². The topological polar surface area (TPSA) is 181 Å². The summed E-state index contributed by atoms with van der Waals surface area (Å²) in [6.45, 7) is 3.82. The highest BCUT2D eigenvalue weighted by molar-refractivity contribution is 7.45. The molecule has 374 valence electrons. The van der Waals surface area contributed by atoms with Gasteiger partial charge in [0.25, 0.3) is 7.82 Å². The Morgan fingerprint density at radius 1 is 0.734 bits per heavy atom. The lowest BCUT2D eigenvalue weighted by Gasteiger charge is -2.36. The summed E-state index contributed by atoms with van der Waals surface area (Å²) in [5.74, 6) is -1.34. The normalized spacial score (nSPS) is 20.3. The number of phosphoric acid groups is 1. The third-order valence-corrected chi connectivity index (χ3v) is 12.4. The van der Waals surface area contributed by atoms with Gasteiger partial charge in [0.1, 0.15) is 19.8 Å². The van der Waals surface area contributed by atoms with Crippen LogP contribution in [0.3, 0.4) is 0 Å². The van der Waals surface area contributed by atoms with Crippen molar-refractivity contribution in [1.29, 1.82) is 0 Å². The van der Waals surface area contributed by atoms with Crippen molar-refractivity contribution in [3.63, 3.8) is 0 Å². The van der Waals surface area contributed by atoms with Crippen LogP contribution in [0.4, 0.5) is 0 Å². The molecular formula is C50H92NO12P. The van der Waals surface area contributed by atoms with Gasteiger partial charge in [-0.3, -0.25) is 14.2 Å². The summed E-state index contributed by atoms with van der Waals surface area (Å²) in [4.78, 5) is 37.9. The number of aliphatic hydroxyl groups excluding tert-OH is 3. The lowest BCUT2D eigenvalue weighted by Crippen LogP contribution is -2.43. The van der Waals surface area contributed by atoms with Crippen molar-refractivity contribution >= 4 is 19.8 Å². The van der Waals surface area contributed by atoms with E-state index in [0.717, 1.165) is 38.5 Å². The molecule has 0 aromatic carbocycles. The number of nitrogens with zero attached hydrogens (tertiary/aromatic N) is 1. The average Bonchev–Trinajstić information content (AvgIpc) is 3.23. The highest BCUT2D eigenvalue weighted by Crippen LogP contribution is 2.38. The number of hydrogen-bond donors (Lipinski definition) is 3. The number of esters is 2. The highest BCUT2D eigenvalue weighted by Gasteiger charge is 2.35. The van der Waals surface area contributed by atoms with Gasteiger partial charge >= 0.3 is 11.9 Å². The van der Waals surface area contributed by atoms with Crippen LogP contribution >= 0.6 is 7.82 Å². The van der Waals surface area contributed by atoms with Crippen LogP contribution in [0, 0.1) is 5.92 Å². The molecule has 0 aromatic rings. The van der Waals surface area contributed by atoms with Gasteiger partial charge in [-0.25, -0.2) is 0 Å². The molecule has 0 spiro atoms. The van der Waals surface area contributed by atoms with Gasteiger partial charge in [0, 0.05) is 25.2 Å². The van der Waals surface area contributed by atoms with Gasteiger partial charge in [0.15, 0.2) is 12.4 Å². The Morgan fingerprint density at radius 2 is 1.28 bits per heavy atom. The molecule has 0 saturated carbocycles. The summed E-state index contributed by atoms with van der Waals surface area (Å²) < 4.78 is 39.6. The summed E-state index contributed by atoms with van der Waals surface area (Å²) in [6.07, 6.45) is 33.6. The highest BCUT2D eigenvalue weighted by atomic mass is 31.2. The van der Waals surface area contributed by atoms with Gasteiger partial charge in [-0.2, -0.15) is 0 Å². The first-order valence-electron chi connectivity index (χ1n) is 25.1. The predicted molar refractivity (Wildman–Crippen MR) is 253 cm³/mol. The van der Waals surface area contributed by atoms with E-state index in [-0.39, 0.29) is 38.4 Å². The quantitative estimate of drug-likeness (QED) is 0.0174. The first-order chi connectivity index (χ1) is 30.7. The molecule has 1 aliphatic heterocycles. The smallest absolute Gasteiger partial charge is 0.306 e. The minimum absolute atomic E-state index is 0.0751. The minimum atomic E-state index is -4.70.